The molecule has 3 rings (SSSR count). The van der Waals surface area contributed by atoms with Crippen molar-refractivity contribution in [2.75, 3.05) is 5.32 Å². The minimum atomic E-state index is -0.372. The van der Waals surface area contributed by atoms with Crippen molar-refractivity contribution < 1.29 is 13.9 Å². The molecule has 0 unspecified atom stereocenters. The van der Waals surface area contributed by atoms with E-state index in [0.29, 0.717) is 22.4 Å². The number of amides is 1. The summed E-state index contributed by atoms with van der Waals surface area (Å²) in [5.74, 6) is 1.49. The van der Waals surface area contributed by atoms with Crippen molar-refractivity contribution in [2.45, 2.75) is 13.5 Å². The molecule has 7 heteroatoms. The smallest absolute Gasteiger partial charge is 0.292 e. The third-order valence-electron chi connectivity index (χ3n) is 3.36. The summed E-state index contributed by atoms with van der Waals surface area (Å²) >= 11 is 9.27. The largest absolute Gasteiger partial charge is 0.486 e. The number of carbonyl (C=O) groups excluding carboxylic acids is 1. The van der Waals surface area contributed by atoms with Crippen LogP contribution in [0.4, 0.5) is 5.82 Å². The Labute approximate surface area is 158 Å². The highest BCUT2D eigenvalue weighted by Gasteiger charge is 2.12. The fourth-order valence-electron chi connectivity index (χ4n) is 2.07. The van der Waals surface area contributed by atoms with Gasteiger partial charge in [0.25, 0.3) is 5.91 Å². The molecule has 0 fully saturated rings. The normalized spacial score (nSPS) is 10.5. The van der Waals surface area contributed by atoms with E-state index in [1.165, 1.54) is 0 Å². The van der Waals surface area contributed by atoms with Gasteiger partial charge in [0.05, 0.1) is 0 Å². The Morgan fingerprint density at radius 2 is 2.12 bits per heavy atom. The van der Waals surface area contributed by atoms with Gasteiger partial charge in [-0.3, -0.25) is 4.79 Å². The molecule has 0 saturated heterocycles. The number of anilines is 1. The highest BCUT2D eigenvalue weighted by molar-refractivity contribution is 9.10. The third-order valence-corrected chi connectivity index (χ3v) is 4.26. The average Bonchev–Trinajstić information content (AvgIpc) is 3.07. The molecule has 1 amide bonds. The number of carbonyl (C=O) groups is 1. The van der Waals surface area contributed by atoms with Crippen molar-refractivity contribution in [3.05, 3.63) is 75.2 Å². The van der Waals surface area contributed by atoms with Crippen molar-refractivity contribution >= 4 is 39.3 Å². The van der Waals surface area contributed by atoms with E-state index in [1.54, 1.807) is 42.6 Å². The van der Waals surface area contributed by atoms with Crippen molar-refractivity contribution in [1.82, 2.24) is 4.98 Å². The second kappa shape index (κ2) is 7.72. The van der Waals surface area contributed by atoms with Crippen LogP contribution in [0, 0.1) is 6.92 Å². The number of furan rings is 1. The zero-order valence-corrected chi connectivity index (χ0v) is 15.6. The first kappa shape index (κ1) is 17.5. The molecule has 128 valence electrons. The van der Waals surface area contributed by atoms with Gasteiger partial charge in [-0.1, -0.05) is 11.6 Å². The lowest BCUT2D eigenvalue weighted by molar-refractivity contribution is 0.0992. The maximum absolute atomic E-state index is 12.2. The van der Waals surface area contributed by atoms with E-state index in [9.17, 15) is 4.79 Å². The van der Waals surface area contributed by atoms with Gasteiger partial charge in [-0.05, 0) is 70.9 Å². The number of ether oxygens (including phenoxy) is 1. The fourth-order valence-corrected chi connectivity index (χ4v) is 2.42. The van der Waals surface area contributed by atoms with Crippen LogP contribution in [0.1, 0.15) is 21.9 Å². The highest BCUT2D eigenvalue weighted by Crippen LogP contribution is 2.22. The summed E-state index contributed by atoms with van der Waals surface area (Å²) in [5.41, 5.74) is 0.931. The van der Waals surface area contributed by atoms with Crippen LogP contribution in [0.5, 0.6) is 5.75 Å². The Hall–Kier alpha value is -2.31. The lowest BCUT2D eigenvalue weighted by atomic mass is 10.2. The number of hydrogen-bond acceptors (Lipinski definition) is 4. The molecule has 3 aromatic rings. The molecule has 0 aliphatic rings. The summed E-state index contributed by atoms with van der Waals surface area (Å²) in [7, 11) is 0. The molecule has 2 heterocycles. The molecule has 0 saturated carbocycles. The minimum absolute atomic E-state index is 0.190. The molecular weight excluding hydrogens is 408 g/mol. The summed E-state index contributed by atoms with van der Waals surface area (Å²) in [4.78, 5) is 16.2. The molecule has 1 N–H and O–H groups in total. The van der Waals surface area contributed by atoms with Gasteiger partial charge in [-0.2, -0.15) is 0 Å². The van der Waals surface area contributed by atoms with E-state index in [4.69, 9.17) is 20.8 Å². The zero-order valence-electron chi connectivity index (χ0n) is 13.3. The van der Waals surface area contributed by atoms with Crippen LogP contribution >= 0.6 is 27.5 Å². The minimum Gasteiger partial charge on any atom is -0.486 e. The topological polar surface area (TPSA) is 64.4 Å². The third kappa shape index (κ3) is 4.61. The number of aryl methyl sites for hydroxylation is 1. The first-order valence-electron chi connectivity index (χ1n) is 7.42. The molecule has 0 atom stereocenters. The molecule has 0 spiro atoms. The number of nitrogens with one attached hydrogen (secondary N) is 1. The van der Waals surface area contributed by atoms with Gasteiger partial charge >= 0.3 is 0 Å². The van der Waals surface area contributed by atoms with E-state index < -0.39 is 0 Å². The van der Waals surface area contributed by atoms with Gasteiger partial charge < -0.3 is 14.5 Å². The van der Waals surface area contributed by atoms with E-state index in [1.807, 2.05) is 13.0 Å². The van der Waals surface area contributed by atoms with Gasteiger partial charge in [0.2, 0.25) is 0 Å². The standard InChI is InChI=1S/C18H14BrClN2O3/c1-11-8-13(3-5-15(11)20)24-10-14-4-6-16(25-14)18(23)22-17-7-2-12(19)9-21-17/h2-9H,10H2,1H3,(H,21,22,23). The number of halogens is 2. The van der Waals surface area contributed by atoms with Gasteiger partial charge in [0.15, 0.2) is 5.76 Å². The monoisotopic (exact) mass is 420 g/mol. The maximum Gasteiger partial charge on any atom is 0.292 e. The molecule has 1 aromatic carbocycles. The van der Waals surface area contributed by atoms with Gasteiger partial charge in [-0.25, -0.2) is 4.98 Å². The molecule has 0 bridgehead atoms. The Morgan fingerprint density at radius 3 is 2.84 bits per heavy atom. The molecular formula is C18H14BrClN2O3. The zero-order chi connectivity index (χ0) is 17.8. The Balaban J connectivity index is 1.60. The number of rotatable bonds is 5. The molecule has 0 aliphatic heterocycles. The summed E-state index contributed by atoms with van der Waals surface area (Å²) in [6.45, 7) is 2.12. The van der Waals surface area contributed by atoms with Crippen LogP contribution < -0.4 is 10.1 Å². The fraction of sp³-hybridized carbons (Fsp3) is 0.111. The molecule has 0 aliphatic carbocycles. The van der Waals surface area contributed by atoms with Gasteiger partial charge in [0, 0.05) is 15.7 Å². The molecule has 5 nitrogen and oxygen atoms in total. The van der Waals surface area contributed by atoms with E-state index >= 15 is 0 Å². The molecule has 2 aromatic heterocycles. The predicted molar refractivity (Wildman–Crippen MR) is 99.1 cm³/mol. The van der Waals surface area contributed by atoms with E-state index in [2.05, 4.69) is 26.2 Å². The number of hydrogen-bond donors (Lipinski definition) is 1. The van der Waals surface area contributed by atoms with Crippen LogP contribution in [0.15, 0.2) is 57.6 Å². The van der Waals surface area contributed by atoms with Gasteiger partial charge in [-0.15, -0.1) is 0 Å². The van der Waals surface area contributed by atoms with Crippen molar-refractivity contribution in [3.63, 3.8) is 0 Å². The Bertz CT molecular complexity index is 894. The van der Waals surface area contributed by atoms with Crippen LogP contribution in [0.25, 0.3) is 0 Å². The average molecular weight is 422 g/mol. The second-order valence-corrected chi connectivity index (χ2v) is 6.60. The SMILES string of the molecule is Cc1cc(OCc2ccc(C(=O)Nc3ccc(Br)cn3)o2)ccc1Cl. The number of pyridine rings is 1. The predicted octanol–water partition coefficient (Wildman–Crippen LogP) is 5.23. The Kier molecular flexibility index (Phi) is 5.40. The summed E-state index contributed by atoms with van der Waals surface area (Å²) in [6.07, 6.45) is 1.60. The number of aromatic nitrogens is 1. The van der Waals surface area contributed by atoms with Crippen LogP contribution in [0.2, 0.25) is 5.02 Å². The lowest BCUT2D eigenvalue weighted by Gasteiger charge is -2.06. The highest BCUT2D eigenvalue weighted by atomic mass is 79.9. The first-order valence-corrected chi connectivity index (χ1v) is 8.59. The molecule has 0 radical (unpaired) electrons. The quantitative estimate of drug-likeness (QED) is 0.612. The van der Waals surface area contributed by atoms with E-state index in [-0.39, 0.29) is 18.3 Å². The first-order chi connectivity index (χ1) is 12.0. The maximum atomic E-state index is 12.2. The summed E-state index contributed by atoms with van der Waals surface area (Å²) < 4.78 is 12.0. The van der Waals surface area contributed by atoms with Crippen LogP contribution in [-0.2, 0) is 6.61 Å². The van der Waals surface area contributed by atoms with Crippen molar-refractivity contribution in [1.29, 1.82) is 0 Å². The lowest BCUT2D eigenvalue weighted by Crippen LogP contribution is -2.11. The number of benzene rings is 1. The van der Waals surface area contributed by atoms with Crippen molar-refractivity contribution in [2.24, 2.45) is 0 Å². The van der Waals surface area contributed by atoms with E-state index in [0.717, 1.165) is 10.0 Å². The summed E-state index contributed by atoms with van der Waals surface area (Å²) in [6, 6.07) is 12.2. The molecule has 25 heavy (non-hydrogen) atoms. The van der Waals surface area contributed by atoms with Crippen LogP contribution in [-0.4, -0.2) is 10.9 Å². The second-order valence-electron chi connectivity index (χ2n) is 5.28. The number of nitrogens with zero attached hydrogens (tertiary/aromatic N) is 1. The Morgan fingerprint density at radius 1 is 1.28 bits per heavy atom. The van der Waals surface area contributed by atoms with Crippen LogP contribution in [0.3, 0.4) is 0 Å². The van der Waals surface area contributed by atoms with Gasteiger partial charge in [0.1, 0.15) is 23.9 Å². The van der Waals surface area contributed by atoms with Crippen molar-refractivity contribution in [3.8, 4) is 5.75 Å². The summed E-state index contributed by atoms with van der Waals surface area (Å²) in [5, 5.41) is 3.35.